The molecule has 1 saturated heterocycles. The lowest BCUT2D eigenvalue weighted by molar-refractivity contribution is -0.274. The van der Waals surface area contributed by atoms with Crippen molar-refractivity contribution >= 4 is 40.2 Å². The molecule has 234 valence electrons. The Kier molecular flexibility index (Phi) is 9.34. The Morgan fingerprint density at radius 3 is 2.53 bits per heavy atom. The van der Waals surface area contributed by atoms with Crippen molar-refractivity contribution < 1.29 is 41.4 Å². The van der Waals surface area contributed by atoms with Crippen LogP contribution in [0, 0.1) is 12.7 Å². The maximum absolute atomic E-state index is 14.9. The molecular weight excluding hydrogens is 620 g/mol. The lowest BCUT2D eigenvalue weighted by atomic mass is 10.1. The van der Waals surface area contributed by atoms with Gasteiger partial charge in [0.1, 0.15) is 30.3 Å². The Balaban J connectivity index is 1.21. The monoisotopic (exact) mass is 644 g/mol. The van der Waals surface area contributed by atoms with Gasteiger partial charge in [-0.1, -0.05) is 23.9 Å². The van der Waals surface area contributed by atoms with Crippen molar-refractivity contribution in [1.82, 2.24) is 14.8 Å². The van der Waals surface area contributed by atoms with Crippen LogP contribution in [0.1, 0.15) is 17.0 Å². The van der Waals surface area contributed by atoms with E-state index in [-0.39, 0.29) is 53.1 Å². The highest BCUT2D eigenvalue weighted by Crippen LogP contribution is 2.31. The van der Waals surface area contributed by atoms with Crippen LogP contribution < -0.4 is 19.7 Å². The summed E-state index contributed by atoms with van der Waals surface area (Å²) >= 11 is 1.09. The molecule has 0 atom stereocenters. The number of hydrogen-bond donors (Lipinski definition) is 1. The zero-order chi connectivity index (χ0) is 32.1. The molecule has 0 aliphatic carbocycles. The third-order valence-corrected chi connectivity index (χ3v) is 7.09. The number of ether oxygens (including phenoxy) is 3. The van der Waals surface area contributed by atoms with Gasteiger partial charge in [-0.05, 0) is 55.0 Å². The third-order valence-electron chi connectivity index (χ3n) is 6.17. The van der Waals surface area contributed by atoms with E-state index in [1.807, 2.05) is 19.1 Å². The van der Waals surface area contributed by atoms with Crippen molar-refractivity contribution in [3.63, 3.8) is 0 Å². The number of aliphatic imine (C=N–C) groups is 1. The van der Waals surface area contributed by atoms with E-state index in [0.29, 0.717) is 11.4 Å². The predicted octanol–water partition coefficient (Wildman–Crippen LogP) is 6.01. The van der Waals surface area contributed by atoms with Crippen LogP contribution in [0.5, 0.6) is 11.5 Å². The molecule has 1 aliphatic rings. The van der Waals surface area contributed by atoms with Crippen LogP contribution in [-0.4, -0.2) is 51.1 Å². The van der Waals surface area contributed by atoms with Crippen LogP contribution in [-0.2, 0) is 22.7 Å². The van der Waals surface area contributed by atoms with E-state index in [2.05, 4.69) is 25.1 Å². The lowest BCUT2D eigenvalue weighted by Gasteiger charge is -2.20. The number of anilines is 2. The highest BCUT2D eigenvalue weighted by atomic mass is 32.2. The molecule has 5 rings (SSSR count). The summed E-state index contributed by atoms with van der Waals surface area (Å²) in [4.78, 5) is 34.9. The Morgan fingerprint density at radius 1 is 1.07 bits per heavy atom. The second-order valence-corrected chi connectivity index (χ2v) is 10.4. The van der Waals surface area contributed by atoms with E-state index >= 15 is 0 Å². The summed E-state index contributed by atoms with van der Waals surface area (Å²) in [5.74, 6) is -1.01. The molecule has 1 N–H and O–H groups in total. The van der Waals surface area contributed by atoms with E-state index in [9.17, 15) is 27.2 Å². The summed E-state index contributed by atoms with van der Waals surface area (Å²) in [6.45, 7) is 1.98. The first-order valence-corrected chi connectivity index (χ1v) is 14.1. The fourth-order valence-corrected chi connectivity index (χ4v) is 5.05. The number of nitrogens with one attached hydrogen (secondary N) is 1. The second-order valence-electron chi connectivity index (χ2n) is 9.48. The molecule has 3 aromatic carbocycles. The molecule has 1 aromatic heterocycles. The standard InChI is InChI=1S/C29H24F4N6O5S/c1-17-3-4-18(13-42-2)24(11-17)39-26(40)15-45-28(39)36-27(41)35-23-10-9-21(12-22(23)30)43-14-25-34-16-38(37-25)19-5-7-20(8-6-19)44-29(31,32)33/h3-12,16H,13-15H2,1-2H3,(H,35,41). The van der Waals surface area contributed by atoms with E-state index in [4.69, 9.17) is 9.47 Å². The number of hydrogen-bond acceptors (Lipinski definition) is 8. The van der Waals surface area contributed by atoms with Crippen molar-refractivity contribution in [2.45, 2.75) is 26.5 Å². The number of benzene rings is 3. The van der Waals surface area contributed by atoms with Crippen molar-refractivity contribution in [1.29, 1.82) is 0 Å². The number of urea groups is 1. The number of aryl methyl sites for hydroxylation is 1. The number of halogens is 4. The predicted molar refractivity (Wildman–Crippen MR) is 157 cm³/mol. The van der Waals surface area contributed by atoms with Crippen LogP contribution in [0.2, 0.25) is 0 Å². The van der Waals surface area contributed by atoms with Gasteiger partial charge in [-0.3, -0.25) is 9.69 Å². The van der Waals surface area contributed by atoms with Gasteiger partial charge in [0.25, 0.3) is 0 Å². The number of amides is 3. The van der Waals surface area contributed by atoms with Crippen LogP contribution in [0.25, 0.3) is 5.69 Å². The SMILES string of the molecule is COCc1ccc(C)cc1N1C(=O)CSC1=NC(=O)Nc1ccc(OCc2ncn(-c3ccc(OC(F)(F)F)cc3)n2)cc1F. The molecule has 0 unspecified atom stereocenters. The van der Waals surface area contributed by atoms with Gasteiger partial charge in [0.05, 0.1) is 29.4 Å². The molecule has 4 aromatic rings. The van der Waals surface area contributed by atoms with E-state index in [1.165, 1.54) is 47.3 Å². The number of carbonyl (C=O) groups is 2. The number of carbonyl (C=O) groups excluding carboxylic acids is 2. The first kappa shape index (κ1) is 31.5. The number of thioether (sulfide) groups is 1. The minimum atomic E-state index is -4.80. The van der Waals surface area contributed by atoms with Crippen molar-refractivity contribution in [3.8, 4) is 17.2 Å². The average molecular weight is 645 g/mol. The van der Waals surface area contributed by atoms with Crippen molar-refractivity contribution in [2.75, 3.05) is 23.1 Å². The second kappa shape index (κ2) is 13.4. The third kappa shape index (κ3) is 7.96. The van der Waals surface area contributed by atoms with Gasteiger partial charge in [0, 0.05) is 18.7 Å². The molecule has 2 heterocycles. The number of methoxy groups -OCH3 is 1. The van der Waals surface area contributed by atoms with Crippen LogP contribution in [0.4, 0.5) is 33.7 Å². The molecule has 0 spiro atoms. The number of alkyl halides is 3. The fraction of sp³-hybridized carbons (Fsp3) is 0.207. The summed E-state index contributed by atoms with van der Waals surface area (Å²) in [7, 11) is 1.54. The summed E-state index contributed by atoms with van der Waals surface area (Å²) in [6.07, 6.45) is -3.46. The first-order valence-electron chi connectivity index (χ1n) is 13.1. The Morgan fingerprint density at radius 2 is 1.82 bits per heavy atom. The first-order chi connectivity index (χ1) is 21.5. The molecule has 45 heavy (non-hydrogen) atoms. The van der Waals surface area contributed by atoms with Crippen molar-refractivity contribution in [2.24, 2.45) is 4.99 Å². The minimum absolute atomic E-state index is 0.0865. The minimum Gasteiger partial charge on any atom is -0.485 e. The Labute approximate surface area is 257 Å². The van der Waals surface area contributed by atoms with Gasteiger partial charge in [-0.2, -0.15) is 4.99 Å². The molecule has 1 aliphatic heterocycles. The normalized spacial score (nSPS) is 14.2. The van der Waals surface area contributed by atoms with Crippen LogP contribution in [0.3, 0.4) is 0 Å². The van der Waals surface area contributed by atoms with Crippen LogP contribution in [0.15, 0.2) is 72.0 Å². The molecule has 0 saturated carbocycles. The molecule has 0 bridgehead atoms. The number of aromatic nitrogens is 3. The molecule has 1 fully saturated rings. The highest BCUT2D eigenvalue weighted by Gasteiger charge is 2.32. The maximum Gasteiger partial charge on any atom is 0.573 e. The number of rotatable bonds is 9. The smallest absolute Gasteiger partial charge is 0.485 e. The van der Waals surface area contributed by atoms with E-state index in [1.54, 1.807) is 6.07 Å². The molecule has 16 heteroatoms. The summed E-state index contributed by atoms with van der Waals surface area (Å²) in [5, 5.41) is 6.73. The van der Waals surface area contributed by atoms with Crippen LogP contribution >= 0.6 is 11.8 Å². The maximum atomic E-state index is 14.9. The zero-order valence-corrected chi connectivity index (χ0v) is 24.5. The summed E-state index contributed by atoms with van der Waals surface area (Å²) in [5.41, 5.74) is 2.47. The van der Waals surface area contributed by atoms with Gasteiger partial charge in [0.15, 0.2) is 11.0 Å². The number of nitrogens with zero attached hydrogens (tertiary/aromatic N) is 5. The largest absolute Gasteiger partial charge is 0.573 e. The van der Waals surface area contributed by atoms with E-state index in [0.717, 1.165) is 41.1 Å². The molecular formula is C29H24F4N6O5S. The number of amidine groups is 1. The van der Waals surface area contributed by atoms with Gasteiger partial charge >= 0.3 is 12.4 Å². The lowest BCUT2D eigenvalue weighted by Crippen LogP contribution is -2.31. The molecule has 0 radical (unpaired) electrons. The summed E-state index contributed by atoms with van der Waals surface area (Å²) in [6, 6.07) is 13.4. The van der Waals surface area contributed by atoms with Gasteiger partial charge < -0.3 is 19.5 Å². The van der Waals surface area contributed by atoms with E-state index < -0.39 is 18.2 Å². The quantitative estimate of drug-likeness (QED) is 0.220. The zero-order valence-electron chi connectivity index (χ0n) is 23.7. The summed E-state index contributed by atoms with van der Waals surface area (Å²) < 4.78 is 67.9. The average Bonchev–Trinajstić information content (AvgIpc) is 3.60. The highest BCUT2D eigenvalue weighted by molar-refractivity contribution is 8.15. The topological polar surface area (TPSA) is 120 Å². The van der Waals surface area contributed by atoms with Gasteiger partial charge in [-0.25, -0.2) is 18.9 Å². The Bertz CT molecular complexity index is 1750. The molecule has 3 amide bonds. The van der Waals surface area contributed by atoms with Gasteiger partial charge in [0.2, 0.25) is 5.91 Å². The Hall–Kier alpha value is -4.96. The van der Waals surface area contributed by atoms with Crippen molar-refractivity contribution in [3.05, 3.63) is 89.8 Å². The fourth-order valence-electron chi connectivity index (χ4n) is 4.19. The van der Waals surface area contributed by atoms with Gasteiger partial charge in [-0.15, -0.1) is 18.3 Å². The molecule has 11 nitrogen and oxygen atoms in total.